The van der Waals surface area contributed by atoms with Crippen LogP contribution < -0.4 is 10.6 Å². The number of piperidine rings is 1. The minimum Gasteiger partial charge on any atom is -0.345 e. The number of Topliss-reactive ketones (excluding diaryl/α,β-unsaturated/α-hetero) is 1. The van der Waals surface area contributed by atoms with E-state index < -0.39 is 23.6 Å². The monoisotopic (exact) mass is 405 g/mol. The van der Waals surface area contributed by atoms with E-state index in [1.165, 1.54) is 4.90 Å². The van der Waals surface area contributed by atoms with Crippen molar-refractivity contribution in [2.75, 3.05) is 0 Å². The predicted molar refractivity (Wildman–Crippen MR) is 105 cm³/mol. The van der Waals surface area contributed by atoms with Crippen molar-refractivity contribution in [3.05, 3.63) is 70.8 Å². The van der Waals surface area contributed by atoms with Crippen LogP contribution in [0.1, 0.15) is 44.7 Å². The van der Waals surface area contributed by atoms with Crippen LogP contribution in [0.15, 0.2) is 48.5 Å². The molecule has 1 unspecified atom stereocenters. The smallest absolute Gasteiger partial charge is 0.292 e. The third kappa shape index (κ3) is 3.71. The molecular weight excluding hydrogens is 386 g/mol. The first-order valence-corrected chi connectivity index (χ1v) is 9.58. The van der Waals surface area contributed by atoms with Gasteiger partial charge in [-0.05, 0) is 23.6 Å². The fourth-order valence-electron chi connectivity index (χ4n) is 3.72. The van der Waals surface area contributed by atoms with Gasteiger partial charge in [0.05, 0.1) is 0 Å². The third-order valence-corrected chi connectivity index (χ3v) is 5.28. The first kappa shape index (κ1) is 19.5. The van der Waals surface area contributed by atoms with Gasteiger partial charge in [-0.3, -0.25) is 29.3 Å². The lowest BCUT2D eigenvalue weighted by atomic mass is 10.0. The number of hydrogen-bond acceptors (Lipinski definition) is 5. The molecule has 2 aromatic carbocycles. The number of benzene rings is 2. The SMILES string of the molecule is O=C1CCC(N2Cc3cc(CNC(=O)C(=O)c4ccccc4)ccc3C2=O)C(=O)N1. The van der Waals surface area contributed by atoms with Crippen LogP contribution in [0, 0.1) is 0 Å². The van der Waals surface area contributed by atoms with E-state index in [0.29, 0.717) is 17.5 Å². The Morgan fingerprint density at radius 2 is 1.83 bits per heavy atom. The molecule has 4 amide bonds. The molecule has 2 aliphatic heterocycles. The molecule has 8 heteroatoms. The summed E-state index contributed by atoms with van der Waals surface area (Å²) in [5.41, 5.74) is 2.29. The lowest BCUT2D eigenvalue weighted by Crippen LogP contribution is -2.52. The topological polar surface area (TPSA) is 113 Å². The van der Waals surface area contributed by atoms with Gasteiger partial charge in [-0.25, -0.2) is 0 Å². The minimum absolute atomic E-state index is 0.136. The molecule has 0 spiro atoms. The number of ketones is 1. The Labute approximate surface area is 172 Å². The number of imide groups is 1. The van der Waals surface area contributed by atoms with Crippen molar-refractivity contribution >= 4 is 29.4 Å². The number of carbonyl (C=O) groups is 5. The summed E-state index contributed by atoms with van der Waals surface area (Å²) in [4.78, 5) is 61.9. The van der Waals surface area contributed by atoms with E-state index in [-0.39, 0.29) is 31.3 Å². The Bertz CT molecular complexity index is 1060. The van der Waals surface area contributed by atoms with Gasteiger partial charge in [0.25, 0.3) is 11.8 Å². The van der Waals surface area contributed by atoms with Gasteiger partial charge in [0.1, 0.15) is 6.04 Å². The maximum absolute atomic E-state index is 12.7. The highest BCUT2D eigenvalue weighted by atomic mass is 16.2. The number of rotatable bonds is 5. The summed E-state index contributed by atoms with van der Waals surface area (Å²) in [6, 6.07) is 12.8. The molecule has 0 bridgehead atoms. The molecule has 1 saturated heterocycles. The zero-order chi connectivity index (χ0) is 21.3. The van der Waals surface area contributed by atoms with Crippen LogP contribution in [-0.2, 0) is 27.5 Å². The fraction of sp³-hybridized carbons (Fsp3) is 0.227. The average Bonchev–Trinajstić information content (AvgIpc) is 3.07. The molecule has 0 aliphatic carbocycles. The Hall–Kier alpha value is -3.81. The van der Waals surface area contributed by atoms with Crippen LogP contribution in [-0.4, -0.2) is 40.4 Å². The molecule has 2 aliphatic rings. The predicted octanol–water partition coefficient (Wildman–Crippen LogP) is 0.947. The molecule has 152 valence electrons. The summed E-state index contributed by atoms with van der Waals surface area (Å²) < 4.78 is 0. The summed E-state index contributed by atoms with van der Waals surface area (Å²) >= 11 is 0. The lowest BCUT2D eigenvalue weighted by molar-refractivity contribution is -0.137. The molecule has 1 atom stereocenters. The largest absolute Gasteiger partial charge is 0.345 e. The van der Waals surface area contributed by atoms with E-state index in [1.54, 1.807) is 48.5 Å². The van der Waals surface area contributed by atoms with Crippen molar-refractivity contribution < 1.29 is 24.0 Å². The molecular formula is C22H19N3O5. The molecule has 2 aromatic rings. The Morgan fingerprint density at radius 3 is 2.57 bits per heavy atom. The van der Waals surface area contributed by atoms with Gasteiger partial charge >= 0.3 is 0 Å². The second-order valence-electron chi connectivity index (χ2n) is 7.27. The first-order chi connectivity index (χ1) is 14.4. The molecule has 30 heavy (non-hydrogen) atoms. The molecule has 0 radical (unpaired) electrons. The second kappa shape index (κ2) is 7.90. The standard InChI is InChI=1S/C22H19N3O5/c26-18-9-8-17(20(28)24-18)25-12-15-10-13(6-7-16(15)22(25)30)11-23-21(29)19(27)14-4-2-1-3-5-14/h1-7,10,17H,8-9,11-12H2,(H,23,29)(H,24,26,28). The number of fused-ring (bicyclic) bond motifs is 1. The zero-order valence-electron chi connectivity index (χ0n) is 16.0. The van der Waals surface area contributed by atoms with Crippen LogP contribution in [0.4, 0.5) is 0 Å². The van der Waals surface area contributed by atoms with Crippen molar-refractivity contribution in [1.82, 2.24) is 15.5 Å². The zero-order valence-corrected chi connectivity index (χ0v) is 16.0. The lowest BCUT2D eigenvalue weighted by Gasteiger charge is -2.29. The van der Waals surface area contributed by atoms with Crippen molar-refractivity contribution in [2.45, 2.75) is 32.0 Å². The third-order valence-electron chi connectivity index (χ3n) is 5.28. The molecule has 2 heterocycles. The maximum Gasteiger partial charge on any atom is 0.292 e. The molecule has 0 saturated carbocycles. The number of amides is 4. The average molecular weight is 405 g/mol. The van der Waals surface area contributed by atoms with Crippen LogP contribution >= 0.6 is 0 Å². The highest BCUT2D eigenvalue weighted by molar-refractivity contribution is 6.42. The molecule has 0 aromatic heterocycles. The summed E-state index contributed by atoms with van der Waals surface area (Å²) in [6.07, 6.45) is 0.498. The molecule has 4 rings (SSSR count). The Kier molecular flexibility index (Phi) is 5.14. The minimum atomic E-state index is -0.706. The second-order valence-corrected chi connectivity index (χ2v) is 7.27. The van der Waals surface area contributed by atoms with Gasteiger partial charge in [-0.15, -0.1) is 0 Å². The van der Waals surface area contributed by atoms with Crippen LogP contribution in [0.25, 0.3) is 0 Å². The highest BCUT2D eigenvalue weighted by Gasteiger charge is 2.39. The van der Waals surface area contributed by atoms with E-state index in [4.69, 9.17) is 0 Å². The quantitative estimate of drug-likeness (QED) is 0.437. The van der Waals surface area contributed by atoms with Gasteiger partial charge in [0.15, 0.2) is 0 Å². The highest BCUT2D eigenvalue weighted by Crippen LogP contribution is 2.28. The van der Waals surface area contributed by atoms with E-state index in [9.17, 15) is 24.0 Å². The Balaban J connectivity index is 1.42. The van der Waals surface area contributed by atoms with Crippen LogP contribution in [0.2, 0.25) is 0 Å². The van der Waals surface area contributed by atoms with Crippen LogP contribution in [0.5, 0.6) is 0 Å². The van der Waals surface area contributed by atoms with E-state index in [0.717, 1.165) is 11.1 Å². The van der Waals surface area contributed by atoms with Crippen molar-refractivity contribution in [3.8, 4) is 0 Å². The molecule has 1 fully saturated rings. The van der Waals surface area contributed by atoms with E-state index in [1.807, 2.05) is 0 Å². The summed E-state index contributed by atoms with van der Waals surface area (Å²) in [5.74, 6) is -2.36. The van der Waals surface area contributed by atoms with Gasteiger partial charge in [-0.2, -0.15) is 0 Å². The van der Waals surface area contributed by atoms with Gasteiger partial charge < -0.3 is 10.2 Å². The molecule has 2 N–H and O–H groups in total. The van der Waals surface area contributed by atoms with E-state index in [2.05, 4.69) is 10.6 Å². The molecule has 8 nitrogen and oxygen atoms in total. The fourth-order valence-corrected chi connectivity index (χ4v) is 3.72. The number of carbonyl (C=O) groups excluding carboxylic acids is 5. The van der Waals surface area contributed by atoms with Crippen molar-refractivity contribution in [3.63, 3.8) is 0 Å². The van der Waals surface area contributed by atoms with Gasteiger partial charge in [-0.1, -0.05) is 42.5 Å². The number of nitrogens with one attached hydrogen (secondary N) is 2. The van der Waals surface area contributed by atoms with Gasteiger partial charge in [0.2, 0.25) is 17.6 Å². The van der Waals surface area contributed by atoms with Crippen LogP contribution in [0.3, 0.4) is 0 Å². The summed E-state index contributed by atoms with van der Waals surface area (Å²) in [6.45, 7) is 0.391. The number of hydrogen-bond donors (Lipinski definition) is 2. The first-order valence-electron chi connectivity index (χ1n) is 9.58. The Morgan fingerprint density at radius 1 is 1.07 bits per heavy atom. The van der Waals surface area contributed by atoms with Crippen molar-refractivity contribution in [2.24, 2.45) is 0 Å². The van der Waals surface area contributed by atoms with Gasteiger partial charge in [0, 0.05) is 30.6 Å². The number of nitrogens with zero attached hydrogens (tertiary/aromatic N) is 1. The van der Waals surface area contributed by atoms with Crippen molar-refractivity contribution in [1.29, 1.82) is 0 Å². The maximum atomic E-state index is 12.7. The summed E-state index contributed by atoms with van der Waals surface area (Å²) in [7, 11) is 0. The van der Waals surface area contributed by atoms with E-state index >= 15 is 0 Å². The normalized spacial score (nSPS) is 18.1. The summed E-state index contributed by atoms with van der Waals surface area (Å²) in [5, 5.41) is 4.87.